The van der Waals surface area contributed by atoms with Crippen LogP contribution in [0.15, 0.2) is 54.6 Å². The summed E-state index contributed by atoms with van der Waals surface area (Å²) in [5.74, 6) is 0.503. The summed E-state index contributed by atoms with van der Waals surface area (Å²) in [6.45, 7) is 15.7. The van der Waals surface area contributed by atoms with Crippen LogP contribution in [0.2, 0.25) is 0 Å². The Kier molecular flexibility index (Phi) is 23.3. The van der Waals surface area contributed by atoms with Crippen LogP contribution in [0.3, 0.4) is 0 Å². The minimum Gasteiger partial charge on any atom is -0.358 e. The summed E-state index contributed by atoms with van der Waals surface area (Å²) >= 11 is 11.2. The van der Waals surface area contributed by atoms with Crippen molar-refractivity contribution in [1.82, 2.24) is 9.88 Å². The molecule has 0 bridgehead atoms. The first-order valence-electron chi connectivity index (χ1n) is 11.8. The van der Waals surface area contributed by atoms with Gasteiger partial charge in [-0.1, -0.05) is 88.7 Å². The summed E-state index contributed by atoms with van der Waals surface area (Å²) in [7, 11) is 0. The van der Waals surface area contributed by atoms with Crippen molar-refractivity contribution in [3.8, 4) is 0 Å². The van der Waals surface area contributed by atoms with E-state index in [-0.39, 0.29) is 16.6 Å². The van der Waals surface area contributed by atoms with Crippen molar-refractivity contribution in [2.24, 2.45) is 0 Å². The molecule has 0 fully saturated rings. The number of hydrogen-bond donors (Lipinski definition) is 1. The maximum Gasteiger partial charge on any atom is 0.434 e. The van der Waals surface area contributed by atoms with E-state index in [4.69, 9.17) is 23.2 Å². The summed E-state index contributed by atoms with van der Waals surface area (Å²) in [4.78, 5) is 6.08. The Morgan fingerprint density at radius 3 is 2.20 bits per heavy atom. The number of alkyl halides is 4. The van der Waals surface area contributed by atoms with Crippen molar-refractivity contribution in [3.63, 3.8) is 0 Å². The first kappa shape index (κ1) is 35.6. The Balaban J connectivity index is 0. The summed E-state index contributed by atoms with van der Waals surface area (Å²) < 4.78 is 40.0. The molecule has 200 valence electrons. The molecular weight excluding hydrogens is 514 g/mol. The fourth-order valence-corrected chi connectivity index (χ4v) is 3.97. The van der Waals surface area contributed by atoms with Crippen LogP contribution in [0, 0.1) is 0 Å². The third kappa shape index (κ3) is 16.7. The molecule has 1 heterocycles. The number of anilines is 1. The highest BCUT2D eigenvalue weighted by Gasteiger charge is 2.37. The number of nitrogens with one attached hydrogen (secondary N) is 1. The molecule has 0 saturated heterocycles. The monoisotopic (exact) mass is 553 g/mol. The van der Waals surface area contributed by atoms with E-state index in [0.29, 0.717) is 19.0 Å². The highest BCUT2D eigenvalue weighted by atomic mass is 35.5. The number of thiazole rings is 1. The summed E-state index contributed by atoms with van der Waals surface area (Å²) in [6.07, 6.45) is 0.497. The average Bonchev–Trinajstić information content (AvgIpc) is 3.29. The number of allylic oxidation sites excluding steroid dienone is 1. The molecule has 0 radical (unpaired) electrons. The van der Waals surface area contributed by atoms with Crippen LogP contribution in [-0.4, -0.2) is 35.4 Å². The highest BCUT2D eigenvalue weighted by Crippen LogP contribution is 2.36. The Morgan fingerprint density at radius 2 is 1.74 bits per heavy atom. The van der Waals surface area contributed by atoms with E-state index in [0.717, 1.165) is 30.7 Å². The minimum atomic E-state index is -4.45. The van der Waals surface area contributed by atoms with Gasteiger partial charge in [-0.25, -0.2) is 4.98 Å². The van der Waals surface area contributed by atoms with Gasteiger partial charge in [-0.15, -0.1) is 29.5 Å². The van der Waals surface area contributed by atoms with Gasteiger partial charge in [-0.3, -0.25) is 4.90 Å². The molecule has 0 aliphatic carbocycles. The zero-order valence-corrected chi connectivity index (χ0v) is 23.8. The van der Waals surface area contributed by atoms with Gasteiger partial charge in [0.2, 0.25) is 0 Å². The zero-order chi connectivity index (χ0) is 27.1. The minimum absolute atomic E-state index is 0.253. The van der Waals surface area contributed by atoms with Crippen molar-refractivity contribution in [1.29, 1.82) is 0 Å². The van der Waals surface area contributed by atoms with Gasteiger partial charge in [-0.05, 0) is 24.9 Å². The molecule has 2 rings (SSSR count). The lowest BCUT2D eigenvalue weighted by Crippen LogP contribution is -2.27. The van der Waals surface area contributed by atoms with Gasteiger partial charge in [0.05, 0.1) is 4.88 Å². The molecule has 9 heteroatoms. The van der Waals surface area contributed by atoms with Crippen molar-refractivity contribution in [2.75, 3.05) is 30.8 Å². The second-order valence-electron chi connectivity index (χ2n) is 6.49. The third-order valence-corrected chi connectivity index (χ3v) is 5.36. The number of nitrogens with zero attached hydrogens (tertiary/aromatic N) is 2. The van der Waals surface area contributed by atoms with Gasteiger partial charge in [0, 0.05) is 31.0 Å². The van der Waals surface area contributed by atoms with E-state index < -0.39 is 11.9 Å². The molecule has 2 aromatic rings. The molecule has 0 aliphatic rings. The lowest BCUT2D eigenvalue weighted by Gasteiger charge is -2.21. The Morgan fingerprint density at radius 1 is 1.11 bits per heavy atom. The molecule has 0 atom stereocenters. The second kappa shape index (κ2) is 22.9. The molecule has 0 saturated carbocycles. The van der Waals surface area contributed by atoms with Crippen LogP contribution >= 0.6 is 34.5 Å². The number of hydrogen-bond acceptors (Lipinski definition) is 4. The molecule has 0 unspecified atom stereocenters. The predicted octanol–water partition coefficient (Wildman–Crippen LogP) is 9.24. The SMILES string of the molecule is C=CCNc1nc(C(F)(F)F)c(CN(CCC)CCc2ccccc2)s1.CC.CC.Cl/C=C/CCl. The Labute approximate surface area is 224 Å². The zero-order valence-electron chi connectivity index (χ0n) is 21.5. The summed E-state index contributed by atoms with van der Waals surface area (Å²) in [5, 5.41) is 3.15. The fraction of sp³-hybridized carbons (Fsp3) is 0.500. The van der Waals surface area contributed by atoms with Gasteiger partial charge < -0.3 is 5.32 Å². The van der Waals surface area contributed by atoms with Gasteiger partial charge in [0.25, 0.3) is 0 Å². The molecule has 0 aliphatic heterocycles. The molecule has 3 nitrogen and oxygen atoms in total. The van der Waals surface area contributed by atoms with Gasteiger partial charge in [0.15, 0.2) is 10.8 Å². The number of halogens is 5. The van der Waals surface area contributed by atoms with Crippen LogP contribution in [0.1, 0.15) is 57.2 Å². The van der Waals surface area contributed by atoms with E-state index in [1.165, 1.54) is 11.1 Å². The van der Waals surface area contributed by atoms with Crippen LogP contribution in [0.25, 0.3) is 0 Å². The number of benzene rings is 1. The quantitative estimate of drug-likeness (QED) is 0.222. The highest BCUT2D eigenvalue weighted by molar-refractivity contribution is 7.15. The molecule has 1 aromatic carbocycles. The normalized spacial score (nSPS) is 10.5. The van der Waals surface area contributed by atoms with E-state index in [1.54, 1.807) is 12.2 Å². The predicted molar refractivity (Wildman–Crippen MR) is 150 cm³/mol. The third-order valence-electron chi connectivity index (χ3n) is 4.01. The second-order valence-corrected chi connectivity index (χ2v) is 8.13. The van der Waals surface area contributed by atoms with Crippen molar-refractivity contribution in [3.05, 3.63) is 70.7 Å². The summed E-state index contributed by atoms with van der Waals surface area (Å²) in [6, 6.07) is 9.98. The molecule has 0 spiro atoms. The smallest absolute Gasteiger partial charge is 0.358 e. The molecular formula is C26H40Cl2F3N3S. The van der Waals surface area contributed by atoms with Crippen LogP contribution in [0.4, 0.5) is 18.3 Å². The van der Waals surface area contributed by atoms with Crippen molar-refractivity contribution in [2.45, 2.75) is 60.2 Å². The van der Waals surface area contributed by atoms with Gasteiger partial charge in [0.1, 0.15) is 0 Å². The van der Waals surface area contributed by atoms with E-state index in [1.807, 2.05) is 65.0 Å². The summed E-state index contributed by atoms with van der Waals surface area (Å²) in [5.41, 5.74) is 1.80. The Bertz CT molecular complexity index is 782. The van der Waals surface area contributed by atoms with E-state index in [2.05, 4.69) is 21.8 Å². The molecule has 1 aromatic heterocycles. The lowest BCUT2D eigenvalue weighted by atomic mass is 10.1. The van der Waals surface area contributed by atoms with Crippen LogP contribution < -0.4 is 5.32 Å². The number of rotatable bonds is 11. The van der Waals surface area contributed by atoms with Crippen molar-refractivity contribution >= 4 is 39.7 Å². The molecule has 35 heavy (non-hydrogen) atoms. The number of aromatic nitrogens is 1. The topological polar surface area (TPSA) is 28.2 Å². The van der Waals surface area contributed by atoms with E-state index in [9.17, 15) is 13.2 Å². The average molecular weight is 555 g/mol. The largest absolute Gasteiger partial charge is 0.434 e. The van der Waals surface area contributed by atoms with Crippen LogP contribution in [-0.2, 0) is 19.1 Å². The van der Waals surface area contributed by atoms with Gasteiger partial charge >= 0.3 is 6.18 Å². The van der Waals surface area contributed by atoms with Crippen molar-refractivity contribution < 1.29 is 13.2 Å². The fourth-order valence-electron chi connectivity index (χ4n) is 2.67. The maximum absolute atomic E-state index is 13.3. The first-order valence-corrected chi connectivity index (χ1v) is 13.6. The Hall–Kier alpha value is -1.54. The maximum atomic E-state index is 13.3. The molecule has 1 N–H and O–H groups in total. The van der Waals surface area contributed by atoms with Gasteiger partial charge in [-0.2, -0.15) is 13.2 Å². The van der Waals surface area contributed by atoms with Crippen LogP contribution in [0.5, 0.6) is 0 Å². The standard InChI is InChI=1S/C19H24F3N3S.C3H4Cl2.2C2H6/c1-3-11-23-18-24-17(19(20,21)22)16(26-18)14-25(12-4-2)13-10-15-8-6-5-7-9-15;4-2-1-3-5;2*1-2/h3,5-9H,1,4,10-14H2,2H3,(H,23,24);1-2H,3H2;2*1-2H3/b;2-1+;;. The lowest BCUT2D eigenvalue weighted by molar-refractivity contribution is -0.141. The first-order chi connectivity index (χ1) is 16.8. The van der Waals surface area contributed by atoms with E-state index >= 15 is 0 Å². The molecule has 0 amide bonds.